The number of amides is 1. The lowest BCUT2D eigenvalue weighted by Gasteiger charge is -2.36. The van der Waals surface area contributed by atoms with Gasteiger partial charge in [-0.1, -0.05) is 6.07 Å². The molecule has 1 saturated heterocycles. The minimum Gasteiger partial charge on any atom is -0.339 e. The summed E-state index contributed by atoms with van der Waals surface area (Å²) in [7, 11) is -3.39. The number of hydrogen-bond donors (Lipinski definition) is 1. The van der Waals surface area contributed by atoms with Crippen molar-refractivity contribution in [1.82, 2.24) is 14.5 Å². The number of nitrogens with one attached hydrogen (secondary N) is 1. The molecule has 2 rings (SSSR count). The Morgan fingerprint density at radius 3 is 2.65 bits per heavy atom. The Balaban J connectivity index is 1.85. The van der Waals surface area contributed by atoms with E-state index in [9.17, 15) is 13.2 Å². The van der Waals surface area contributed by atoms with Crippen molar-refractivity contribution in [3.05, 3.63) is 22.4 Å². The molecule has 0 aliphatic carbocycles. The van der Waals surface area contributed by atoms with Crippen LogP contribution in [-0.4, -0.2) is 80.7 Å². The smallest absolute Gasteiger partial charge is 0.240 e. The number of carbonyl (C=O) groups is 1. The zero-order valence-electron chi connectivity index (χ0n) is 15.5. The highest BCUT2D eigenvalue weighted by Gasteiger charge is 2.29. The van der Waals surface area contributed by atoms with Crippen molar-refractivity contribution in [3.8, 4) is 0 Å². The summed E-state index contributed by atoms with van der Waals surface area (Å²) in [5.41, 5.74) is 0. The van der Waals surface area contributed by atoms with E-state index in [2.05, 4.69) is 27.1 Å². The molecule has 26 heavy (non-hydrogen) atoms. The van der Waals surface area contributed by atoms with Crippen LogP contribution in [0.25, 0.3) is 0 Å². The number of thiophene rings is 1. The highest BCUT2D eigenvalue weighted by Crippen LogP contribution is 2.12. The maximum atomic E-state index is 12.8. The summed E-state index contributed by atoms with van der Waals surface area (Å²) in [5.74, 6) is 0.657. The molecule has 0 radical (unpaired) electrons. The summed E-state index contributed by atoms with van der Waals surface area (Å²) in [5, 5.41) is 2.10. The van der Waals surface area contributed by atoms with Crippen LogP contribution in [0.1, 0.15) is 18.2 Å². The lowest BCUT2D eigenvalue weighted by Crippen LogP contribution is -2.55. The van der Waals surface area contributed by atoms with Crippen molar-refractivity contribution >= 4 is 39.0 Å². The average molecular weight is 420 g/mol. The first kappa shape index (κ1) is 21.7. The molecule has 9 heteroatoms. The summed E-state index contributed by atoms with van der Waals surface area (Å²) >= 11 is 3.40. The summed E-state index contributed by atoms with van der Waals surface area (Å²) in [4.78, 5) is 18.4. The van der Waals surface area contributed by atoms with Crippen LogP contribution in [0, 0.1) is 0 Å². The lowest BCUT2D eigenvalue weighted by molar-refractivity contribution is -0.134. The molecular formula is C17H29N3O3S3. The van der Waals surface area contributed by atoms with E-state index in [1.807, 2.05) is 11.2 Å². The van der Waals surface area contributed by atoms with E-state index in [0.29, 0.717) is 19.5 Å². The molecule has 1 atom stereocenters. The third-order valence-corrected chi connectivity index (χ3v) is 7.53. The second kappa shape index (κ2) is 10.7. The Labute approximate surface area is 165 Å². The van der Waals surface area contributed by atoms with E-state index in [1.165, 1.54) is 4.88 Å². The van der Waals surface area contributed by atoms with Gasteiger partial charge in [0.2, 0.25) is 15.9 Å². The Kier molecular flexibility index (Phi) is 8.89. The van der Waals surface area contributed by atoms with Gasteiger partial charge in [-0.25, -0.2) is 13.1 Å². The van der Waals surface area contributed by atoms with Crippen molar-refractivity contribution in [1.29, 1.82) is 0 Å². The number of sulfonamides is 1. The second-order valence-corrected chi connectivity index (χ2v) is 10.4. The first-order valence-corrected chi connectivity index (χ1v) is 12.9. The first-order chi connectivity index (χ1) is 12.4. The van der Waals surface area contributed by atoms with E-state index < -0.39 is 16.1 Å². The van der Waals surface area contributed by atoms with Crippen molar-refractivity contribution in [3.63, 3.8) is 0 Å². The van der Waals surface area contributed by atoms with Gasteiger partial charge in [0.25, 0.3) is 0 Å². The molecule has 1 amide bonds. The summed E-state index contributed by atoms with van der Waals surface area (Å²) in [6.45, 7) is 5.59. The standard InChI is InChI=1S/C17H29N3O3S3/c1-3-26(22,23)18-16(7-14-24-2)17(21)20-11-9-19(10-12-20)8-6-15-5-4-13-25-15/h4-5,13,16,18H,3,6-12,14H2,1-2H3. The number of carbonyl (C=O) groups excluding carboxylic acids is 1. The van der Waals surface area contributed by atoms with Crippen LogP contribution in [0.15, 0.2) is 17.5 Å². The Morgan fingerprint density at radius 1 is 1.35 bits per heavy atom. The molecule has 1 aliphatic rings. The van der Waals surface area contributed by atoms with E-state index in [-0.39, 0.29) is 11.7 Å². The molecular weight excluding hydrogens is 390 g/mol. The van der Waals surface area contributed by atoms with Crippen LogP contribution in [0.4, 0.5) is 0 Å². The van der Waals surface area contributed by atoms with Gasteiger partial charge in [0.1, 0.15) is 6.04 Å². The second-order valence-electron chi connectivity index (χ2n) is 6.35. The molecule has 0 bridgehead atoms. The molecule has 1 unspecified atom stereocenters. The van der Waals surface area contributed by atoms with Gasteiger partial charge in [0.05, 0.1) is 5.75 Å². The fourth-order valence-electron chi connectivity index (χ4n) is 2.90. The SMILES string of the molecule is CCS(=O)(=O)NC(CCSC)C(=O)N1CCN(CCc2cccs2)CC1. The molecule has 1 fully saturated rings. The fourth-order valence-corrected chi connectivity index (χ4v) is 4.89. The van der Waals surface area contributed by atoms with E-state index >= 15 is 0 Å². The van der Waals surface area contributed by atoms with Crippen molar-refractivity contribution in [2.45, 2.75) is 25.8 Å². The Hall–Kier alpha value is -0.610. The number of thioether (sulfide) groups is 1. The summed E-state index contributed by atoms with van der Waals surface area (Å²) in [6.07, 6.45) is 3.53. The van der Waals surface area contributed by atoms with Gasteiger partial charge in [-0.15, -0.1) is 11.3 Å². The first-order valence-electron chi connectivity index (χ1n) is 8.97. The Morgan fingerprint density at radius 2 is 2.08 bits per heavy atom. The quantitative estimate of drug-likeness (QED) is 0.622. The third kappa shape index (κ3) is 6.84. The lowest BCUT2D eigenvalue weighted by atomic mass is 10.2. The highest BCUT2D eigenvalue weighted by molar-refractivity contribution is 7.98. The summed E-state index contributed by atoms with van der Waals surface area (Å²) in [6, 6.07) is 3.58. The van der Waals surface area contributed by atoms with Crippen LogP contribution >= 0.6 is 23.1 Å². The average Bonchev–Trinajstić information content (AvgIpc) is 3.17. The third-order valence-electron chi connectivity index (χ3n) is 4.55. The number of nitrogens with zero attached hydrogens (tertiary/aromatic N) is 2. The topological polar surface area (TPSA) is 69.7 Å². The van der Waals surface area contributed by atoms with Gasteiger partial charge in [0.15, 0.2) is 0 Å². The van der Waals surface area contributed by atoms with Gasteiger partial charge in [-0.2, -0.15) is 11.8 Å². The van der Waals surface area contributed by atoms with Crippen LogP contribution in [0.5, 0.6) is 0 Å². The van der Waals surface area contributed by atoms with Crippen LogP contribution < -0.4 is 4.72 Å². The monoisotopic (exact) mass is 419 g/mol. The van der Waals surface area contributed by atoms with Gasteiger partial charge in [-0.3, -0.25) is 9.69 Å². The zero-order valence-corrected chi connectivity index (χ0v) is 18.0. The fraction of sp³-hybridized carbons (Fsp3) is 0.706. The van der Waals surface area contributed by atoms with E-state index in [0.717, 1.165) is 31.8 Å². The van der Waals surface area contributed by atoms with Crippen molar-refractivity contribution in [2.75, 3.05) is 50.5 Å². The van der Waals surface area contributed by atoms with Gasteiger partial charge in [-0.05, 0) is 43.2 Å². The van der Waals surface area contributed by atoms with Crippen molar-refractivity contribution < 1.29 is 13.2 Å². The van der Waals surface area contributed by atoms with E-state index in [4.69, 9.17) is 0 Å². The minimum absolute atomic E-state index is 0.00740. The van der Waals surface area contributed by atoms with Gasteiger partial charge < -0.3 is 4.90 Å². The molecule has 148 valence electrons. The van der Waals surface area contributed by atoms with Crippen molar-refractivity contribution in [2.24, 2.45) is 0 Å². The number of hydrogen-bond acceptors (Lipinski definition) is 6. The molecule has 0 spiro atoms. The molecule has 1 aliphatic heterocycles. The van der Waals surface area contributed by atoms with Crippen LogP contribution in [0.2, 0.25) is 0 Å². The van der Waals surface area contributed by atoms with Gasteiger partial charge >= 0.3 is 0 Å². The predicted octanol–water partition coefficient (Wildman–Crippen LogP) is 1.50. The van der Waals surface area contributed by atoms with Gasteiger partial charge in [0, 0.05) is 37.6 Å². The molecule has 0 aromatic carbocycles. The Bertz CT molecular complexity index is 641. The minimum atomic E-state index is -3.39. The molecule has 6 nitrogen and oxygen atoms in total. The van der Waals surface area contributed by atoms with Crippen LogP contribution in [-0.2, 0) is 21.2 Å². The number of piperazine rings is 1. The molecule has 1 aromatic rings. The maximum absolute atomic E-state index is 12.8. The molecule has 1 N–H and O–H groups in total. The van der Waals surface area contributed by atoms with Crippen LogP contribution in [0.3, 0.4) is 0 Å². The largest absolute Gasteiger partial charge is 0.339 e. The molecule has 0 saturated carbocycles. The normalized spacial score (nSPS) is 17.4. The maximum Gasteiger partial charge on any atom is 0.240 e. The van der Waals surface area contributed by atoms with E-state index in [1.54, 1.807) is 30.0 Å². The number of rotatable bonds is 10. The molecule has 1 aromatic heterocycles. The highest BCUT2D eigenvalue weighted by atomic mass is 32.2. The zero-order chi connectivity index (χ0) is 19.0. The predicted molar refractivity (Wildman–Crippen MR) is 110 cm³/mol. The summed E-state index contributed by atoms with van der Waals surface area (Å²) < 4.78 is 26.4. The molecule has 2 heterocycles.